The number of ether oxygens (including phenoxy) is 1. The molecule has 0 aliphatic heterocycles. The third kappa shape index (κ3) is 2.58. The predicted molar refractivity (Wildman–Crippen MR) is 71.3 cm³/mol. The zero-order valence-corrected chi connectivity index (χ0v) is 11.4. The molecule has 0 unspecified atom stereocenters. The van der Waals surface area contributed by atoms with E-state index in [2.05, 4.69) is 5.10 Å². The van der Waals surface area contributed by atoms with Crippen LogP contribution in [-0.2, 0) is 11.3 Å². The van der Waals surface area contributed by atoms with Crippen molar-refractivity contribution in [2.75, 3.05) is 7.11 Å². The third-order valence-corrected chi connectivity index (χ3v) is 3.15. The van der Waals surface area contributed by atoms with Crippen LogP contribution in [0.2, 0.25) is 10.2 Å². The van der Waals surface area contributed by atoms with Crippen LogP contribution in [0.4, 0.5) is 0 Å². The second-order valence-corrected chi connectivity index (χ2v) is 4.48. The molecule has 19 heavy (non-hydrogen) atoms. The number of para-hydroxylation sites is 1. The third-order valence-electron chi connectivity index (χ3n) is 2.48. The van der Waals surface area contributed by atoms with Gasteiger partial charge < -0.3 is 9.84 Å². The highest BCUT2D eigenvalue weighted by Gasteiger charge is 2.23. The Balaban J connectivity index is 2.63. The molecule has 0 atom stereocenters. The molecule has 0 amide bonds. The van der Waals surface area contributed by atoms with E-state index in [1.54, 1.807) is 24.3 Å². The molecule has 2 aromatic rings. The van der Waals surface area contributed by atoms with Crippen molar-refractivity contribution in [2.24, 2.45) is 0 Å². The molecule has 2 rings (SSSR count). The maximum Gasteiger partial charge on any atom is 0.340 e. The van der Waals surface area contributed by atoms with Gasteiger partial charge in [-0.05, 0) is 12.1 Å². The molecule has 7 heteroatoms. The number of carboxylic acid groups (broad SMARTS) is 1. The van der Waals surface area contributed by atoms with Crippen molar-refractivity contribution in [3.05, 3.63) is 45.7 Å². The summed E-state index contributed by atoms with van der Waals surface area (Å²) in [6.07, 6.45) is 0. The van der Waals surface area contributed by atoms with Gasteiger partial charge in [0.2, 0.25) is 0 Å². The fourth-order valence-electron chi connectivity index (χ4n) is 1.67. The Morgan fingerprint density at radius 3 is 2.68 bits per heavy atom. The highest BCUT2D eigenvalue weighted by atomic mass is 35.5. The molecule has 0 saturated carbocycles. The first-order chi connectivity index (χ1) is 9.06. The van der Waals surface area contributed by atoms with Crippen molar-refractivity contribution in [3.8, 4) is 5.69 Å². The summed E-state index contributed by atoms with van der Waals surface area (Å²) in [5.74, 6) is -1.16. The zero-order valence-electron chi connectivity index (χ0n) is 9.93. The maximum atomic E-state index is 11.2. The second-order valence-electron chi connectivity index (χ2n) is 3.71. The number of carbonyl (C=O) groups is 1. The van der Waals surface area contributed by atoms with E-state index >= 15 is 0 Å². The fourth-order valence-corrected chi connectivity index (χ4v) is 2.21. The largest absolute Gasteiger partial charge is 0.478 e. The molecule has 0 spiro atoms. The van der Waals surface area contributed by atoms with E-state index in [1.807, 2.05) is 0 Å². The van der Waals surface area contributed by atoms with Gasteiger partial charge in [0, 0.05) is 7.11 Å². The molecule has 0 radical (unpaired) electrons. The van der Waals surface area contributed by atoms with E-state index in [4.69, 9.17) is 27.9 Å². The Morgan fingerprint density at radius 1 is 1.42 bits per heavy atom. The van der Waals surface area contributed by atoms with E-state index in [0.717, 1.165) is 0 Å². The van der Waals surface area contributed by atoms with E-state index < -0.39 is 5.97 Å². The summed E-state index contributed by atoms with van der Waals surface area (Å²) in [5, 5.41) is 13.7. The monoisotopic (exact) mass is 300 g/mol. The number of carboxylic acids is 1. The van der Waals surface area contributed by atoms with Crippen molar-refractivity contribution in [1.29, 1.82) is 0 Å². The molecule has 0 aliphatic carbocycles. The molecule has 0 saturated heterocycles. The Hall–Kier alpha value is -1.56. The van der Waals surface area contributed by atoms with Crippen LogP contribution in [0.25, 0.3) is 5.69 Å². The first-order valence-corrected chi connectivity index (χ1v) is 6.06. The van der Waals surface area contributed by atoms with Crippen LogP contribution in [0.1, 0.15) is 16.1 Å². The molecular formula is C12H10Cl2N2O3. The van der Waals surface area contributed by atoms with Crippen LogP contribution >= 0.6 is 23.2 Å². The van der Waals surface area contributed by atoms with Crippen LogP contribution in [0, 0.1) is 0 Å². The zero-order chi connectivity index (χ0) is 14.0. The molecule has 0 bridgehead atoms. The summed E-state index contributed by atoms with van der Waals surface area (Å²) in [6, 6.07) is 6.89. The Kier molecular flexibility index (Phi) is 4.09. The number of rotatable bonds is 4. The molecular weight excluding hydrogens is 291 g/mol. The summed E-state index contributed by atoms with van der Waals surface area (Å²) in [6.45, 7) is 0.0544. The topological polar surface area (TPSA) is 64.4 Å². The number of hydrogen-bond donors (Lipinski definition) is 1. The van der Waals surface area contributed by atoms with Gasteiger partial charge in [0.25, 0.3) is 0 Å². The minimum Gasteiger partial charge on any atom is -0.478 e. The van der Waals surface area contributed by atoms with Crippen molar-refractivity contribution in [3.63, 3.8) is 0 Å². The van der Waals surface area contributed by atoms with E-state index in [-0.39, 0.29) is 23.0 Å². The number of aromatic carboxylic acids is 1. The molecule has 0 aliphatic rings. The Bertz CT molecular complexity index is 625. The first-order valence-electron chi connectivity index (χ1n) is 5.30. The average molecular weight is 301 g/mol. The smallest absolute Gasteiger partial charge is 0.340 e. The van der Waals surface area contributed by atoms with Gasteiger partial charge in [-0.3, -0.25) is 0 Å². The fraction of sp³-hybridized carbons (Fsp3) is 0.167. The van der Waals surface area contributed by atoms with Crippen molar-refractivity contribution in [2.45, 2.75) is 6.61 Å². The van der Waals surface area contributed by atoms with Crippen molar-refractivity contribution < 1.29 is 14.6 Å². The molecule has 1 heterocycles. The quantitative estimate of drug-likeness (QED) is 0.942. The Morgan fingerprint density at radius 2 is 2.11 bits per heavy atom. The summed E-state index contributed by atoms with van der Waals surface area (Å²) in [4.78, 5) is 11.2. The minimum absolute atomic E-state index is 0.00681. The van der Waals surface area contributed by atoms with Gasteiger partial charge in [0.1, 0.15) is 16.4 Å². The van der Waals surface area contributed by atoms with Gasteiger partial charge in [-0.25, -0.2) is 9.48 Å². The van der Waals surface area contributed by atoms with E-state index in [0.29, 0.717) is 10.7 Å². The number of aromatic nitrogens is 2. The highest BCUT2D eigenvalue weighted by molar-refractivity contribution is 6.34. The number of halogens is 2. The Labute approximate surface area is 119 Å². The number of methoxy groups -OCH3 is 1. The lowest BCUT2D eigenvalue weighted by Gasteiger charge is -2.04. The minimum atomic E-state index is -1.16. The van der Waals surface area contributed by atoms with Gasteiger partial charge in [0.15, 0.2) is 0 Å². The normalized spacial score (nSPS) is 10.7. The van der Waals surface area contributed by atoms with E-state index in [9.17, 15) is 9.90 Å². The van der Waals surface area contributed by atoms with Crippen molar-refractivity contribution in [1.82, 2.24) is 9.78 Å². The van der Waals surface area contributed by atoms with Gasteiger partial charge >= 0.3 is 5.97 Å². The summed E-state index contributed by atoms with van der Waals surface area (Å²) in [5.41, 5.74) is 0.683. The van der Waals surface area contributed by atoms with Crippen LogP contribution in [0.15, 0.2) is 24.3 Å². The van der Waals surface area contributed by atoms with Crippen LogP contribution in [0.5, 0.6) is 0 Å². The van der Waals surface area contributed by atoms with Gasteiger partial charge in [-0.1, -0.05) is 35.3 Å². The predicted octanol–water partition coefficient (Wildman–Crippen LogP) is 3.02. The van der Waals surface area contributed by atoms with Gasteiger partial charge in [-0.2, -0.15) is 5.10 Å². The molecule has 1 aromatic carbocycles. The molecule has 100 valence electrons. The lowest BCUT2D eigenvalue weighted by molar-refractivity contribution is 0.0692. The highest BCUT2D eigenvalue weighted by Crippen LogP contribution is 2.28. The lowest BCUT2D eigenvalue weighted by atomic mass is 10.2. The van der Waals surface area contributed by atoms with Crippen LogP contribution < -0.4 is 0 Å². The summed E-state index contributed by atoms with van der Waals surface area (Å²) < 4.78 is 6.22. The number of nitrogens with zero attached hydrogens (tertiary/aromatic N) is 2. The van der Waals surface area contributed by atoms with Gasteiger partial charge in [-0.15, -0.1) is 0 Å². The standard InChI is InChI=1S/C12H10Cl2N2O3/c1-19-6-8-10(12(17)18)11(14)16(15-8)9-5-3-2-4-7(9)13/h2-5H,6H2,1H3,(H,17,18). The number of benzene rings is 1. The summed E-state index contributed by atoms with van der Waals surface area (Å²) >= 11 is 12.1. The maximum absolute atomic E-state index is 11.2. The van der Waals surface area contributed by atoms with Crippen LogP contribution in [-0.4, -0.2) is 28.0 Å². The van der Waals surface area contributed by atoms with Gasteiger partial charge in [0.05, 0.1) is 17.3 Å². The van der Waals surface area contributed by atoms with E-state index in [1.165, 1.54) is 11.8 Å². The SMILES string of the molecule is COCc1nn(-c2ccccc2Cl)c(Cl)c1C(=O)O. The molecule has 1 N–H and O–H groups in total. The second kappa shape index (κ2) is 5.61. The molecule has 0 fully saturated rings. The van der Waals surface area contributed by atoms with Crippen LogP contribution in [0.3, 0.4) is 0 Å². The molecule has 1 aromatic heterocycles. The molecule has 5 nitrogen and oxygen atoms in total. The first kappa shape index (κ1) is 13.9. The number of hydrogen-bond acceptors (Lipinski definition) is 3. The average Bonchev–Trinajstić information content (AvgIpc) is 2.67. The van der Waals surface area contributed by atoms with Crippen molar-refractivity contribution >= 4 is 29.2 Å². The lowest BCUT2D eigenvalue weighted by Crippen LogP contribution is -2.01. The summed E-state index contributed by atoms with van der Waals surface area (Å²) in [7, 11) is 1.45.